The van der Waals surface area contributed by atoms with Crippen LogP contribution in [0.5, 0.6) is 17.2 Å². The van der Waals surface area contributed by atoms with E-state index in [1.165, 1.54) is 11.8 Å². The minimum Gasteiger partial charge on any atom is -0.493 e. The number of nitrogens with two attached hydrogens (primary N) is 1. The molecule has 0 bridgehead atoms. The van der Waals surface area contributed by atoms with E-state index in [9.17, 15) is 10.4 Å². The normalized spacial score (nSPS) is 11.4. The first kappa shape index (κ1) is 29.2. The van der Waals surface area contributed by atoms with Crippen LogP contribution in [0.15, 0.2) is 51.9 Å². The predicted molar refractivity (Wildman–Crippen MR) is 153 cm³/mol. The highest BCUT2D eigenvalue weighted by molar-refractivity contribution is 7.98. The maximum absolute atomic E-state index is 10.1. The molecule has 4 rings (SSSR count). The zero-order valence-corrected chi connectivity index (χ0v) is 23.4. The van der Waals surface area contributed by atoms with Gasteiger partial charge < -0.3 is 34.6 Å². The Bertz CT molecular complexity index is 1620. The Balaban J connectivity index is 1.62. The number of pyridine rings is 1. The highest BCUT2D eigenvalue weighted by Crippen LogP contribution is 2.42. The lowest BCUT2D eigenvalue weighted by atomic mass is 10.00. The zero-order chi connectivity index (χ0) is 29.5. The topological polar surface area (TPSA) is 161 Å². The number of aryl methyl sites for hydroxylation is 1. The summed E-state index contributed by atoms with van der Waals surface area (Å²) in [6.07, 6.45) is -1.00. The van der Waals surface area contributed by atoms with E-state index in [0.717, 1.165) is 0 Å². The Morgan fingerprint density at radius 2 is 1.83 bits per heavy atom. The lowest BCUT2D eigenvalue weighted by Gasteiger charge is -2.14. The predicted octanol–water partition coefficient (Wildman–Crippen LogP) is 4.76. The quantitative estimate of drug-likeness (QED) is 0.168. The largest absolute Gasteiger partial charge is 0.493 e. The molecule has 12 heteroatoms. The molecular weight excluding hydrogens is 546 g/mol. The molecule has 0 radical (unpaired) electrons. The van der Waals surface area contributed by atoms with Crippen molar-refractivity contribution in [2.45, 2.75) is 23.8 Å². The number of thioether (sulfide) groups is 1. The smallest absolute Gasteiger partial charge is 0.236 e. The molecule has 4 N–H and O–H groups in total. The number of nitrogens with zero attached hydrogens (tertiary/aromatic N) is 4. The van der Waals surface area contributed by atoms with Crippen molar-refractivity contribution >= 4 is 23.3 Å². The van der Waals surface area contributed by atoms with Gasteiger partial charge in [0.1, 0.15) is 41.1 Å². The van der Waals surface area contributed by atoms with Crippen LogP contribution in [0.1, 0.15) is 17.0 Å². The molecule has 1 atom stereocenters. The summed E-state index contributed by atoms with van der Waals surface area (Å²) in [5, 5.41) is 29.0. The third kappa shape index (κ3) is 6.36. The number of hydrogen-bond donors (Lipinski definition) is 3. The fourth-order valence-electron chi connectivity index (χ4n) is 3.93. The monoisotopic (exact) mass is 573 g/mol. The lowest BCUT2D eigenvalue weighted by molar-refractivity contribution is 0.0536. The van der Waals surface area contributed by atoms with Gasteiger partial charge in [-0.3, -0.25) is 0 Å². The van der Waals surface area contributed by atoms with E-state index in [4.69, 9.17) is 36.0 Å². The molecule has 0 aliphatic rings. The summed E-state index contributed by atoms with van der Waals surface area (Å²) < 4.78 is 22.1. The van der Waals surface area contributed by atoms with Crippen molar-refractivity contribution in [3.63, 3.8) is 0 Å². The van der Waals surface area contributed by atoms with Crippen molar-refractivity contribution in [1.82, 2.24) is 9.97 Å². The molecule has 210 valence electrons. The first-order chi connectivity index (χ1) is 19.8. The summed E-state index contributed by atoms with van der Waals surface area (Å²) in [5.41, 5.74) is 8.76. The third-order valence-corrected chi connectivity index (χ3v) is 7.04. The average Bonchev–Trinajstić information content (AvgIpc) is 3.38. The van der Waals surface area contributed by atoms with Gasteiger partial charge in [-0.1, -0.05) is 23.9 Å². The lowest BCUT2D eigenvalue weighted by Crippen LogP contribution is -2.21. The van der Waals surface area contributed by atoms with Crippen LogP contribution in [0.25, 0.3) is 27.4 Å². The molecule has 0 unspecified atom stereocenters. The van der Waals surface area contributed by atoms with E-state index in [2.05, 4.69) is 20.9 Å². The van der Waals surface area contributed by atoms with Crippen molar-refractivity contribution < 1.29 is 28.8 Å². The number of oxazole rings is 1. The number of aromatic nitrogens is 2. The van der Waals surface area contributed by atoms with Gasteiger partial charge in [-0.25, -0.2) is 14.8 Å². The van der Waals surface area contributed by atoms with Gasteiger partial charge in [0.25, 0.3) is 0 Å². The van der Waals surface area contributed by atoms with E-state index in [1.807, 2.05) is 6.07 Å². The minimum absolute atomic E-state index is 0.00536. The van der Waals surface area contributed by atoms with Gasteiger partial charge in [-0.15, -0.1) is 0 Å². The van der Waals surface area contributed by atoms with Gasteiger partial charge in [0.15, 0.2) is 11.5 Å². The highest BCUT2D eigenvalue weighted by Gasteiger charge is 2.22. The molecule has 0 saturated carbocycles. The number of anilines is 1. The van der Waals surface area contributed by atoms with Gasteiger partial charge >= 0.3 is 0 Å². The minimum atomic E-state index is -1.00. The van der Waals surface area contributed by atoms with E-state index in [-0.39, 0.29) is 23.7 Å². The molecule has 0 saturated heterocycles. The van der Waals surface area contributed by atoms with Gasteiger partial charge in [0, 0.05) is 16.9 Å². The van der Waals surface area contributed by atoms with Gasteiger partial charge in [-0.2, -0.15) is 5.26 Å². The fraction of sp³-hybridized carbons (Fsp3) is 0.241. The van der Waals surface area contributed by atoms with Gasteiger partial charge in [-0.05, 0) is 42.8 Å². The van der Waals surface area contributed by atoms with Crippen molar-refractivity contribution in [2.75, 3.05) is 33.2 Å². The molecule has 2 aromatic carbocycles. The molecule has 2 aromatic heterocycles. The summed E-state index contributed by atoms with van der Waals surface area (Å²) >= 11 is 1.26. The van der Waals surface area contributed by atoms with Gasteiger partial charge in [0.2, 0.25) is 11.6 Å². The highest BCUT2D eigenvalue weighted by atomic mass is 32.2. The molecule has 0 spiro atoms. The number of aliphatic hydroxyl groups is 2. The molecule has 4 aromatic rings. The van der Waals surface area contributed by atoms with E-state index in [1.54, 1.807) is 57.5 Å². The molecule has 11 nitrogen and oxygen atoms in total. The van der Waals surface area contributed by atoms with Crippen LogP contribution in [0.3, 0.4) is 0 Å². The number of benzene rings is 2. The second-order valence-electron chi connectivity index (χ2n) is 8.68. The van der Waals surface area contributed by atoms with E-state index >= 15 is 0 Å². The van der Waals surface area contributed by atoms with Crippen LogP contribution >= 0.6 is 11.8 Å². The summed E-state index contributed by atoms with van der Waals surface area (Å²) in [6, 6.07) is 14.2. The number of methoxy groups -OCH3 is 2. The molecule has 0 fully saturated rings. The number of aliphatic hydroxyl groups excluding tert-OH is 2. The van der Waals surface area contributed by atoms with Crippen LogP contribution in [-0.2, 0) is 5.75 Å². The Kier molecular flexibility index (Phi) is 9.32. The molecule has 2 heterocycles. The van der Waals surface area contributed by atoms with Gasteiger partial charge in [0.05, 0.1) is 38.7 Å². The molecule has 0 amide bonds. The van der Waals surface area contributed by atoms with Crippen molar-refractivity contribution in [1.29, 1.82) is 5.26 Å². The van der Waals surface area contributed by atoms with Crippen LogP contribution < -0.4 is 19.9 Å². The third-order valence-electron chi connectivity index (χ3n) is 6.05. The SMILES string of the molecule is [C-]#[N+]c1c(N)nc(SCc2nc(-c3ccc(OC)c(OC)c3)oc2C)c(C#N)c1-c1ccc(OC[C@@H](O)CO)cc1. The number of ether oxygens (including phenoxy) is 3. The van der Waals surface area contributed by atoms with Crippen molar-refractivity contribution in [3.8, 4) is 45.9 Å². The molecule has 0 aliphatic carbocycles. The summed E-state index contributed by atoms with van der Waals surface area (Å²) in [5.74, 6) is 2.94. The second-order valence-corrected chi connectivity index (χ2v) is 9.64. The van der Waals surface area contributed by atoms with E-state index in [0.29, 0.717) is 62.1 Å². The van der Waals surface area contributed by atoms with Crippen LogP contribution in [0, 0.1) is 24.8 Å². The van der Waals surface area contributed by atoms with Crippen molar-refractivity contribution in [2.24, 2.45) is 0 Å². The Hall–Kier alpha value is -4.75. The molecular formula is C29H27N5O6S. The van der Waals surface area contributed by atoms with E-state index < -0.39 is 12.7 Å². The number of nitriles is 1. The maximum atomic E-state index is 10.1. The maximum Gasteiger partial charge on any atom is 0.236 e. The Morgan fingerprint density at radius 3 is 2.46 bits per heavy atom. The van der Waals surface area contributed by atoms with Crippen LogP contribution in [0.2, 0.25) is 0 Å². The van der Waals surface area contributed by atoms with Crippen LogP contribution in [0.4, 0.5) is 11.5 Å². The zero-order valence-electron chi connectivity index (χ0n) is 22.5. The Morgan fingerprint density at radius 1 is 1.12 bits per heavy atom. The first-order valence-corrected chi connectivity index (χ1v) is 13.3. The number of rotatable bonds is 11. The second kappa shape index (κ2) is 13.1. The average molecular weight is 574 g/mol. The summed E-state index contributed by atoms with van der Waals surface area (Å²) in [4.78, 5) is 12.6. The fourth-order valence-corrected chi connectivity index (χ4v) is 4.92. The first-order valence-electron chi connectivity index (χ1n) is 12.3. The van der Waals surface area contributed by atoms with Crippen molar-refractivity contribution in [3.05, 3.63) is 70.9 Å². The standard InChI is InChI=1S/C29H27N5O6S/c1-16-22(33-28(40-16)18-7-10-23(37-3)24(11-18)38-4)15-41-29-21(12-30)25(26(32-2)27(31)34-29)17-5-8-20(9-6-17)39-14-19(36)13-35/h5-11,19,35-36H,13-15H2,1,3-4H3,(H2,31,34)/t19-/m0/s1. The number of nitrogen functional groups attached to an aromatic ring is 1. The summed E-state index contributed by atoms with van der Waals surface area (Å²) in [7, 11) is 3.11. The summed E-state index contributed by atoms with van der Waals surface area (Å²) in [6.45, 7) is 8.98. The van der Waals surface area contributed by atoms with Crippen LogP contribution in [-0.4, -0.2) is 53.7 Å². The molecule has 0 aliphatic heterocycles. The Labute approximate surface area is 241 Å². The molecule has 41 heavy (non-hydrogen) atoms. The number of hydrogen-bond acceptors (Lipinski definition) is 11.